The van der Waals surface area contributed by atoms with Crippen LogP contribution >= 0.6 is 11.6 Å². The molecule has 0 amide bonds. The lowest BCUT2D eigenvalue weighted by molar-refractivity contribution is 0.289. The van der Waals surface area contributed by atoms with Crippen LogP contribution in [0.3, 0.4) is 0 Å². The number of rotatable bonds is 4. The van der Waals surface area contributed by atoms with E-state index in [-0.39, 0.29) is 0 Å². The first-order valence-electron chi connectivity index (χ1n) is 3.99. The molecule has 0 bridgehead atoms. The van der Waals surface area contributed by atoms with Crippen LogP contribution in [0, 0.1) is 0 Å². The van der Waals surface area contributed by atoms with Crippen LogP contribution in [0.1, 0.15) is 25.2 Å². The maximum Gasteiger partial charge on any atom is 0.258 e. The summed E-state index contributed by atoms with van der Waals surface area (Å²) in [5.74, 6) is 1.74. The Bertz CT molecular complexity index is 247. The minimum atomic E-state index is 0.391. The van der Waals surface area contributed by atoms with E-state index < -0.39 is 0 Å². The maximum atomic E-state index is 5.71. The predicted molar refractivity (Wildman–Crippen MR) is 46.6 cm³/mol. The molecule has 0 radical (unpaired) electrons. The molecule has 0 unspecified atom stereocenters. The fraction of sp³-hybridized carbons (Fsp3) is 0.625. The van der Waals surface area contributed by atoms with E-state index >= 15 is 0 Å². The first-order chi connectivity index (χ1) is 5.83. The van der Waals surface area contributed by atoms with Crippen molar-refractivity contribution in [2.75, 3.05) is 6.61 Å². The first kappa shape index (κ1) is 9.39. The summed E-state index contributed by atoms with van der Waals surface area (Å²) in [4.78, 5) is 0. The summed E-state index contributed by atoms with van der Waals surface area (Å²) >= 11 is 5.71. The quantitative estimate of drug-likeness (QED) is 0.683. The van der Waals surface area contributed by atoms with E-state index in [1.165, 1.54) is 0 Å². The van der Waals surface area contributed by atoms with Gasteiger partial charge in [-0.25, -0.2) is 0 Å². The Morgan fingerprint density at radius 1 is 1.50 bits per heavy atom. The fourth-order valence-electron chi connectivity index (χ4n) is 0.986. The SMILES string of the molecule is CCOc1noc(CC)c1CCl. The van der Waals surface area contributed by atoms with Gasteiger partial charge in [0.05, 0.1) is 18.1 Å². The van der Waals surface area contributed by atoms with Gasteiger partial charge in [-0.2, -0.15) is 0 Å². The zero-order chi connectivity index (χ0) is 8.97. The lowest BCUT2D eigenvalue weighted by Crippen LogP contribution is -1.94. The Morgan fingerprint density at radius 3 is 2.75 bits per heavy atom. The summed E-state index contributed by atoms with van der Waals surface area (Å²) in [6.07, 6.45) is 0.794. The summed E-state index contributed by atoms with van der Waals surface area (Å²) in [7, 11) is 0. The molecule has 0 aromatic carbocycles. The third-order valence-corrected chi connectivity index (χ3v) is 1.84. The van der Waals surface area contributed by atoms with Crippen molar-refractivity contribution in [1.82, 2.24) is 5.16 Å². The Hall–Kier alpha value is -0.700. The van der Waals surface area contributed by atoms with E-state index in [1.54, 1.807) is 0 Å². The van der Waals surface area contributed by atoms with E-state index in [2.05, 4.69) is 5.16 Å². The molecule has 4 heteroatoms. The summed E-state index contributed by atoms with van der Waals surface area (Å²) in [5.41, 5.74) is 0.876. The number of ether oxygens (including phenoxy) is 1. The number of halogens is 1. The van der Waals surface area contributed by atoms with Crippen molar-refractivity contribution < 1.29 is 9.26 Å². The molecular weight excluding hydrogens is 178 g/mol. The fourth-order valence-corrected chi connectivity index (χ4v) is 1.25. The molecule has 0 aliphatic carbocycles. The number of hydrogen-bond acceptors (Lipinski definition) is 3. The van der Waals surface area contributed by atoms with Crippen LogP contribution in [0.15, 0.2) is 4.52 Å². The van der Waals surface area contributed by atoms with E-state index in [0.29, 0.717) is 18.4 Å². The largest absolute Gasteiger partial charge is 0.476 e. The molecule has 68 valence electrons. The van der Waals surface area contributed by atoms with E-state index in [9.17, 15) is 0 Å². The van der Waals surface area contributed by atoms with Crippen LogP contribution in [0.2, 0.25) is 0 Å². The summed E-state index contributed by atoms with van der Waals surface area (Å²) in [5, 5.41) is 3.77. The number of hydrogen-bond donors (Lipinski definition) is 0. The molecule has 12 heavy (non-hydrogen) atoms. The van der Waals surface area contributed by atoms with Gasteiger partial charge in [-0.15, -0.1) is 11.6 Å². The standard InChI is InChI=1S/C8H12ClNO2/c1-3-7-6(5-9)8(10-12-7)11-4-2/h3-5H2,1-2H3. The van der Waals surface area contributed by atoms with Crippen molar-refractivity contribution in [3.63, 3.8) is 0 Å². The van der Waals surface area contributed by atoms with Gasteiger partial charge in [0.15, 0.2) is 0 Å². The average molecular weight is 190 g/mol. The second-order valence-electron chi connectivity index (χ2n) is 2.31. The molecule has 1 aromatic heterocycles. The second kappa shape index (κ2) is 4.36. The zero-order valence-corrected chi connectivity index (χ0v) is 8.02. The highest BCUT2D eigenvalue weighted by Gasteiger charge is 2.13. The zero-order valence-electron chi connectivity index (χ0n) is 7.26. The van der Waals surface area contributed by atoms with Gasteiger partial charge in [0.2, 0.25) is 0 Å². The second-order valence-corrected chi connectivity index (χ2v) is 2.58. The Balaban J connectivity index is 2.88. The topological polar surface area (TPSA) is 35.3 Å². The summed E-state index contributed by atoms with van der Waals surface area (Å²) in [6, 6.07) is 0. The van der Waals surface area contributed by atoms with Crippen molar-refractivity contribution in [1.29, 1.82) is 0 Å². The van der Waals surface area contributed by atoms with Crippen LogP contribution in [0.4, 0.5) is 0 Å². The van der Waals surface area contributed by atoms with Gasteiger partial charge in [0.1, 0.15) is 5.76 Å². The van der Waals surface area contributed by atoms with E-state index in [1.807, 2.05) is 13.8 Å². The summed E-state index contributed by atoms with van der Waals surface area (Å²) < 4.78 is 10.2. The molecule has 0 saturated carbocycles. The van der Waals surface area contributed by atoms with Crippen LogP contribution in [-0.2, 0) is 12.3 Å². The molecule has 0 N–H and O–H groups in total. The Kier molecular flexibility index (Phi) is 3.41. The van der Waals surface area contributed by atoms with E-state index in [4.69, 9.17) is 20.9 Å². The average Bonchev–Trinajstić information content (AvgIpc) is 2.47. The maximum absolute atomic E-state index is 5.71. The molecule has 0 atom stereocenters. The number of aromatic nitrogens is 1. The number of alkyl halides is 1. The molecule has 0 fully saturated rings. The molecule has 1 rings (SSSR count). The van der Waals surface area contributed by atoms with Crippen molar-refractivity contribution in [2.24, 2.45) is 0 Å². The molecule has 3 nitrogen and oxygen atoms in total. The van der Waals surface area contributed by atoms with Crippen LogP contribution in [0.5, 0.6) is 5.88 Å². The Morgan fingerprint density at radius 2 is 2.25 bits per heavy atom. The van der Waals surface area contributed by atoms with Gasteiger partial charge < -0.3 is 9.26 Å². The smallest absolute Gasteiger partial charge is 0.258 e. The van der Waals surface area contributed by atoms with E-state index in [0.717, 1.165) is 17.7 Å². The van der Waals surface area contributed by atoms with Crippen molar-refractivity contribution in [3.8, 4) is 5.88 Å². The lowest BCUT2D eigenvalue weighted by atomic mass is 10.2. The van der Waals surface area contributed by atoms with Crippen molar-refractivity contribution in [3.05, 3.63) is 11.3 Å². The predicted octanol–water partition coefficient (Wildman–Crippen LogP) is 2.37. The molecule has 0 aliphatic rings. The van der Waals surface area contributed by atoms with Crippen LogP contribution in [-0.4, -0.2) is 11.8 Å². The molecule has 0 aliphatic heterocycles. The highest BCUT2D eigenvalue weighted by atomic mass is 35.5. The van der Waals surface area contributed by atoms with Gasteiger partial charge in [0, 0.05) is 6.42 Å². The molecule has 0 spiro atoms. The third-order valence-electron chi connectivity index (χ3n) is 1.57. The third kappa shape index (κ3) is 1.72. The minimum absolute atomic E-state index is 0.391. The number of nitrogens with zero attached hydrogens (tertiary/aromatic N) is 1. The van der Waals surface area contributed by atoms with Gasteiger partial charge in [-0.3, -0.25) is 0 Å². The van der Waals surface area contributed by atoms with Crippen molar-refractivity contribution >= 4 is 11.6 Å². The van der Waals surface area contributed by atoms with Crippen LogP contribution in [0.25, 0.3) is 0 Å². The molecule has 0 saturated heterocycles. The van der Waals surface area contributed by atoms with Gasteiger partial charge >= 0.3 is 0 Å². The highest BCUT2D eigenvalue weighted by Crippen LogP contribution is 2.23. The molecular formula is C8H12ClNO2. The first-order valence-corrected chi connectivity index (χ1v) is 4.53. The van der Waals surface area contributed by atoms with Gasteiger partial charge in [-0.05, 0) is 12.1 Å². The monoisotopic (exact) mass is 189 g/mol. The van der Waals surface area contributed by atoms with Gasteiger partial charge in [-0.1, -0.05) is 6.92 Å². The number of aryl methyl sites for hydroxylation is 1. The lowest BCUT2D eigenvalue weighted by Gasteiger charge is -1.98. The van der Waals surface area contributed by atoms with Crippen molar-refractivity contribution in [2.45, 2.75) is 26.1 Å². The Labute approximate surface area is 76.6 Å². The minimum Gasteiger partial charge on any atom is -0.476 e. The normalized spacial score (nSPS) is 10.2. The summed E-state index contributed by atoms with van der Waals surface area (Å²) in [6.45, 7) is 4.48. The van der Waals surface area contributed by atoms with Gasteiger partial charge in [0.25, 0.3) is 5.88 Å². The van der Waals surface area contributed by atoms with Crippen LogP contribution < -0.4 is 4.74 Å². The molecule has 1 heterocycles. The molecule has 1 aromatic rings. The highest BCUT2D eigenvalue weighted by molar-refractivity contribution is 6.17.